The molecule has 0 spiro atoms. The number of amides is 1. The zero-order valence-electron chi connectivity index (χ0n) is 11.0. The molecule has 0 aliphatic carbocycles. The summed E-state index contributed by atoms with van der Waals surface area (Å²) >= 11 is 6.04. The number of rotatable bonds is 4. The van der Waals surface area contributed by atoms with Gasteiger partial charge in [0.25, 0.3) is 0 Å². The number of hydrogen-bond donors (Lipinski definition) is 1. The second-order valence-corrected chi connectivity index (χ2v) is 4.80. The van der Waals surface area contributed by atoms with E-state index in [-0.39, 0.29) is 19.2 Å². The van der Waals surface area contributed by atoms with Gasteiger partial charge in [0.1, 0.15) is 12.7 Å². The number of carbonyl (C=O) groups is 1. The fraction of sp³-hybridized carbons (Fsp3) is 0.167. The Kier molecular flexibility index (Phi) is 3.55. The summed E-state index contributed by atoms with van der Waals surface area (Å²) in [6.07, 6.45) is 2.37. The van der Waals surface area contributed by atoms with Crippen molar-refractivity contribution in [3.05, 3.63) is 39.8 Å². The highest BCUT2D eigenvalue weighted by Gasteiger charge is 2.18. The van der Waals surface area contributed by atoms with Gasteiger partial charge in [0.15, 0.2) is 11.5 Å². The van der Waals surface area contributed by atoms with E-state index in [0.717, 1.165) is 0 Å². The van der Waals surface area contributed by atoms with Crippen molar-refractivity contribution >= 4 is 29.0 Å². The number of fused-ring (bicyclic) bond motifs is 1. The highest BCUT2D eigenvalue weighted by atomic mass is 35.5. The number of aromatic nitrogens is 2. The van der Waals surface area contributed by atoms with Gasteiger partial charge >= 0.3 is 5.82 Å². The molecule has 2 heterocycles. The number of nitro groups is 1. The van der Waals surface area contributed by atoms with Crippen LogP contribution in [0.4, 0.5) is 11.5 Å². The normalized spacial score (nSPS) is 12.2. The maximum absolute atomic E-state index is 12.0. The number of carbonyl (C=O) groups excluding carboxylic acids is 1. The average molecular weight is 325 g/mol. The van der Waals surface area contributed by atoms with Gasteiger partial charge in [-0.15, -0.1) is 0 Å². The Balaban J connectivity index is 1.70. The van der Waals surface area contributed by atoms with Crippen LogP contribution in [0.2, 0.25) is 5.02 Å². The number of hydrogen-bond acceptors (Lipinski definition) is 6. The van der Waals surface area contributed by atoms with Gasteiger partial charge in [-0.25, -0.2) is 0 Å². The Labute approximate surface area is 128 Å². The molecule has 22 heavy (non-hydrogen) atoms. The van der Waals surface area contributed by atoms with E-state index in [1.54, 1.807) is 12.1 Å². The van der Waals surface area contributed by atoms with E-state index in [0.29, 0.717) is 22.2 Å². The van der Waals surface area contributed by atoms with Crippen LogP contribution in [0.15, 0.2) is 24.7 Å². The van der Waals surface area contributed by atoms with Gasteiger partial charge in [-0.05, 0) is 9.91 Å². The standard InChI is InChI=1S/C12H9ClN4O5/c13-7-1-9-10(22-6-21-9)2-8(7)15-12(18)4-16-3-11(14-5-16)17(19)20/h1-3,5H,4,6H2,(H,15,18). The average Bonchev–Trinajstić information content (AvgIpc) is 3.08. The van der Waals surface area contributed by atoms with E-state index in [9.17, 15) is 14.9 Å². The van der Waals surface area contributed by atoms with Crippen LogP contribution in [0, 0.1) is 10.1 Å². The lowest BCUT2D eigenvalue weighted by atomic mass is 10.2. The van der Waals surface area contributed by atoms with Gasteiger partial charge in [-0.2, -0.15) is 0 Å². The first-order chi connectivity index (χ1) is 10.5. The molecule has 0 saturated carbocycles. The van der Waals surface area contributed by atoms with Crippen molar-refractivity contribution in [1.82, 2.24) is 9.55 Å². The van der Waals surface area contributed by atoms with Crippen molar-refractivity contribution in [1.29, 1.82) is 0 Å². The smallest absolute Gasteiger partial charge is 0.381 e. The molecule has 0 bridgehead atoms. The summed E-state index contributed by atoms with van der Waals surface area (Å²) in [7, 11) is 0. The second-order valence-electron chi connectivity index (χ2n) is 4.39. The van der Waals surface area contributed by atoms with Gasteiger partial charge in [0, 0.05) is 12.1 Å². The molecule has 1 aliphatic heterocycles. The first kappa shape index (κ1) is 14.1. The lowest BCUT2D eigenvalue weighted by Gasteiger charge is -2.08. The lowest BCUT2D eigenvalue weighted by Crippen LogP contribution is -2.18. The molecule has 0 unspecified atom stereocenters. The number of imidazole rings is 1. The molecule has 1 N–H and O–H groups in total. The molecule has 0 fully saturated rings. The zero-order valence-corrected chi connectivity index (χ0v) is 11.7. The molecule has 1 aliphatic rings. The van der Waals surface area contributed by atoms with Crippen LogP contribution in [0.1, 0.15) is 0 Å². The number of nitrogens with zero attached hydrogens (tertiary/aromatic N) is 3. The summed E-state index contributed by atoms with van der Waals surface area (Å²) in [5.74, 6) is 0.258. The fourth-order valence-electron chi connectivity index (χ4n) is 1.90. The summed E-state index contributed by atoms with van der Waals surface area (Å²) in [5, 5.41) is 13.4. The topological polar surface area (TPSA) is 109 Å². The Morgan fingerprint density at radius 1 is 1.45 bits per heavy atom. The summed E-state index contributed by atoms with van der Waals surface area (Å²) in [4.78, 5) is 25.4. The third kappa shape index (κ3) is 2.79. The predicted octanol–water partition coefficient (Wildman–Crippen LogP) is 1.81. The minimum absolute atomic E-state index is 0.0990. The summed E-state index contributed by atoms with van der Waals surface area (Å²) in [5.41, 5.74) is 0.366. The van der Waals surface area contributed by atoms with Gasteiger partial charge in [0.2, 0.25) is 19.0 Å². The molecule has 3 rings (SSSR count). The summed E-state index contributed by atoms with van der Waals surface area (Å²) in [6, 6.07) is 3.10. The van der Waals surface area contributed by atoms with E-state index in [4.69, 9.17) is 21.1 Å². The van der Waals surface area contributed by atoms with Gasteiger partial charge in [-0.1, -0.05) is 11.6 Å². The minimum Gasteiger partial charge on any atom is -0.454 e. The molecule has 1 amide bonds. The van der Waals surface area contributed by atoms with Crippen molar-refractivity contribution in [3.63, 3.8) is 0 Å². The van der Waals surface area contributed by atoms with Crippen molar-refractivity contribution in [2.24, 2.45) is 0 Å². The minimum atomic E-state index is -0.636. The number of ether oxygens (including phenoxy) is 2. The Morgan fingerprint density at radius 3 is 2.86 bits per heavy atom. The van der Waals surface area contributed by atoms with Crippen LogP contribution in [-0.4, -0.2) is 27.2 Å². The number of anilines is 1. The maximum Gasteiger partial charge on any atom is 0.381 e. The van der Waals surface area contributed by atoms with E-state index >= 15 is 0 Å². The molecule has 114 valence electrons. The van der Waals surface area contributed by atoms with Crippen LogP contribution in [0.3, 0.4) is 0 Å². The number of nitrogens with one attached hydrogen (secondary N) is 1. The van der Waals surface area contributed by atoms with Gasteiger partial charge < -0.3 is 29.5 Å². The molecule has 10 heteroatoms. The SMILES string of the molecule is O=C(Cn1cnc([N+](=O)[O-])c1)Nc1cc2c(cc1Cl)OCO2. The third-order valence-electron chi connectivity index (χ3n) is 2.87. The van der Waals surface area contributed by atoms with E-state index in [2.05, 4.69) is 10.3 Å². The van der Waals surface area contributed by atoms with Crippen molar-refractivity contribution in [2.75, 3.05) is 12.1 Å². The molecular weight excluding hydrogens is 316 g/mol. The van der Waals surface area contributed by atoms with E-state index in [1.165, 1.54) is 17.1 Å². The van der Waals surface area contributed by atoms with Crippen molar-refractivity contribution < 1.29 is 19.2 Å². The van der Waals surface area contributed by atoms with Crippen LogP contribution >= 0.6 is 11.6 Å². The fourth-order valence-corrected chi connectivity index (χ4v) is 2.10. The van der Waals surface area contributed by atoms with Crippen LogP contribution in [-0.2, 0) is 11.3 Å². The first-order valence-electron chi connectivity index (χ1n) is 6.08. The maximum atomic E-state index is 12.0. The highest BCUT2D eigenvalue weighted by molar-refractivity contribution is 6.34. The largest absolute Gasteiger partial charge is 0.454 e. The van der Waals surface area contributed by atoms with Crippen LogP contribution in [0.25, 0.3) is 0 Å². The van der Waals surface area contributed by atoms with Crippen LogP contribution in [0.5, 0.6) is 11.5 Å². The third-order valence-corrected chi connectivity index (χ3v) is 3.18. The molecule has 1 aromatic carbocycles. The number of halogens is 1. The molecular formula is C12H9ClN4O5. The van der Waals surface area contributed by atoms with Gasteiger partial charge in [-0.3, -0.25) is 4.79 Å². The quantitative estimate of drug-likeness (QED) is 0.678. The second kappa shape index (κ2) is 5.53. The van der Waals surface area contributed by atoms with Crippen molar-refractivity contribution in [3.8, 4) is 11.5 Å². The Bertz CT molecular complexity index is 760. The molecule has 9 nitrogen and oxygen atoms in total. The summed E-state index contributed by atoms with van der Waals surface area (Å²) in [6.45, 7) is -0.0343. The van der Waals surface area contributed by atoms with E-state index < -0.39 is 10.8 Å². The van der Waals surface area contributed by atoms with Crippen molar-refractivity contribution in [2.45, 2.75) is 6.54 Å². The molecule has 1 aromatic heterocycles. The molecule has 0 radical (unpaired) electrons. The summed E-state index contributed by atoms with van der Waals surface area (Å²) < 4.78 is 11.7. The monoisotopic (exact) mass is 324 g/mol. The molecule has 0 atom stereocenters. The van der Waals surface area contributed by atoms with E-state index in [1.807, 2.05) is 0 Å². The Hall–Kier alpha value is -2.81. The Morgan fingerprint density at radius 2 is 2.18 bits per heavy atom. The highest BCUT2D eigenvalue weighted by Crippen LogP contribution is 2.39. The predicted molar refractivity (Wildman–Crippen MR) is 75.1 cm³/mol. The molecule has 0 saturated heterocycles. The molecule has 2 aromatic rings. The van der Waals surface area contributed by atoms with Gasteiger partial charge in [0.05, 0.1) is 10.7 Å². The zero-order chi connectivity index (χ0) is 15.7. The number of benzene rings is 1. The first-order valence-corrected chi connectivity index (χ1v) is 6.46. The van der Waals surface area contributed by atoms with Crippen LogP contribution < -0.4 is 14.8 Å². The lowest BCUT2D eigenvalue weighted by molar-refractivity contribution is -0.389.